The van der Waals surface area contributed by atoms with E-state index in [1.807, 2.05) is 56.3 Å². The van der Waals surface area contributed by atoms with Crippen LogP contribution in [0.15, 0.2) is 42.5 Å². The van der Waals surface area contributed by atoms with Crippen molar-refractivity contribution in [2.45, 2.75) is 53.5 Å². The van der Waals surface area contributed by atoms with E-state index in [0.29, 0.717) is 18.2 Å². The molecule has 0 N–H and O–H groups in total. The van der Waals surface area contributed by atoms with Gasteiger partial charge >= 0.3 is 5.97 Å². The number of carbonyl (C=O) groups excluding carboxylic acids is 2. The molecular formula is C26H30ClNO3. The van der Waals surface area contributed by atoms with Crippen LogP contribution in [-0.2, 0) is 28.9 Å². The molecule has 0 aliphatic carbocycles. The van der Waals surface area contributed by atoms with Crippen LogP contribution in [0.4, 0.5) is 0 Å². The summed E-state index contributed by atoms with van der Waals surface area (Å²) in [6.07, 6.45) is 1.92. The second-order valence-electron chi connectivity index (χ2n) is 8.10. The van der Waals surface area contributed by atoms with Gasteiger partial charge in [-0.05, 0) is 36.6 Å². The molecule has 164 valence electrons. The molecule has 0 spiro atoms. The van der Waals surface area contributed by atoms with Crippen molar-refractivity contribution in [3.05, 3.63) is 69.9 Å². The molecule has 2 aromatic carbocycles. The van der Waals surface area contributed by atoms with Crippen molar-refractivity contribution in [2.75, 3.05) is 6.61 Å². The van der Waals surface area contributed by atoms with Crippen molar-refractivity contribution in [2.24, 2.45) is 5.92 Å². The van der Waals surface area contributed by atoms with Crippen LogP contribution in [0.2, 0.25) is 5.02 Å². The molecule has 3 aromatic rings. The van der Waals surface area contributed by atoms with Gasteiger partial charge in [-0.2, -0.15) is 0 Å². The first-order valence-corrected chi connectivity index (χ1v) is 11.3. The summed E-state index contributed by atoms with van der Waals surface area (Å²) in [5.74, 6) is -0.211. The highest BCUT2D eigenvalue weighted by molar-refractivity contribution is 6.31. The van der Waals surface area contributed by atoms with E-state index < -0.39 is 0 Å². The average molecular weight is 440 g/mol. The maximum atomic E-state index is 13.2. The van der Waals surface area contributed by atoms with Crippen LogP contribution in [0.25, 0.3) is 10.9 Å². The summed E-state index contributed by atoms with van der Waals surface area (Å²) in [7, 11) is 0. The molecule has 1 aromatic heterocycles. The van der Waals surface area contributed by atoms with Crippen LogP contribution in [0, 0.1) is 5.92 Å². The minimum Gasteiger partial charge on any atom is -0.466 e. The smallest absolute Gasteiger partial charge is 0.310 e. The minimum atomic E-state index is -0.252. The number of carbonyl (C=O) groups is 2. The predicted octanol–water partition coefficient (Wildman–Crippen LogP) is 6.24. The summed E-state index contributed by atoms with van der Waals surface area (Å²) in [5.41, 5.74) is 4.65. The number of ketones is 1. The van der Waals surface area contributed by atoms with Crippen molar-refractivity contribution in [3.63, 3.8) is 0 Å². The molecule has 3 rings (SSSR count). The molecule has 0 radical (unpaired) electrons. The van der Waals surface area contributed by atoms with E-state index in [2.05, 4.69) is 11.5 Å². The van der Waals surface area contributed by atoms with Crippen LogP contribution in [0.5, 0.6) is 0 Å². The zero-order valence-electron chi connectivity index (χ0n) is 18.7. The Morgan fingerprint density at radius 1 is 1.10 bits per heavy atom. The molecule has 0 atom stereocenters. The van der Waals surface area contributed by atoms with E-state index in [-0.39, 0.29) is 24.1 Å². The van der Waals surface area contributed by atoms with Crippen molar-refractivity contribution in [3.8, 4) is 0 Å². The lowest BCUT2D eigenvalue weighted by Crippen LogP contribution is -2.12. The summed E-state index contributed by atoms with van der Waals surface area (Å²) in [4.78, 5) is 25.3. The molecule has 0 aliphatic rings. The van der Waals surface area contributed by atoms with Crippen LogP contribution >= 0.6 is 11.6 Å². The number of esters is 1. The van der Waals surface area contributed by atoms with Crippen LogP contribution in [-0.4, -0.2) is 22.9 Å². The fourth-order valence-corrected chi connectivity index (χ4v) is 4.17. The molecule has 1 heterocycles. The van der Waals surface area contributed by atoms with Crippen molar-refractivity contribution in [1.29, 1.82) is 0 Å². The Labute approximate surface area is 189 Å². The number of halogens is 1. The second-order valence-corrected chi connectivity index (χ2v) is 8.51. The second kappa shape index (κ2) is 10.1. The van der Waals surface area contributed by atoms with Gasteiger partial charge in [0.05, 0.1) is 13.0 Å². The summed E-state index contributed by atoms with van der Waals surface area (Å²) < 4.78 is 7.32. The van der Waals surface area contributed by atoms with Gasteiger partial charge in [0.1, 0.15) is 0 Å². The quantitative estimate of drug-likeness (QED) is 0.293. The number of rotatable bonds is 9. The lowest BCUT2D eigenvalue weighted by atomic mass is 9.96. The number of fused-ring (bicyclic) bond motifs is 1. The Kier molecular flexibility index (Phi) is 7.55. The van der Waals surface area contributed by atoms with Crippen LogP contribution < -0.4 is 0 Å². The maximum absolute atomic E-state index is 13.2. The fraction of sp³-hybridized carbons (Fsp3) is 0.385. The van der Waals surface area contributed by atoms with Gasteiger partial charge in [-0.15, -0.1) is 0 Å². The highest BCUT2D eigenvalue weighted by atomic mass is 35.5. The number of aromatic nitrogens is 1. The molecule has 0 saturated carbocycles. The summed E-state index contributed by atoms with van der Waals surface area (Å²) in [6, 6.07) is 13.7. The lowest BCUT2D eigenvalue weighted by Gasteiger charge is -2.14. The third-order valence-electron chi connectivity index (χ3n) is 5.43. The Bertz CT molecular complexity index is 1100. The first-order chi connectivity index (χ1) is 14.9. The first kappa shape index (κ1) is 23.1. The molecule has 0 aliphatic heterocycles. The van der Waals surface area contributed by atoms with Crippen molar-refractivity contribution < 1.29 is 14.3 Å². The first-order valence-electron chi connectivity index (χ1n) is 10.9. The number of benzene rings is 2. The number of Topliss-reactive ketones (excluding diaryl/α,β-unsaturated/α-hetero) is 1. The van der Waals surface area contributed by atoms with Gasteiger partial charge in [0.15, 0.2) is 5.78 Å². The highest BCUT2D eigenvalue weighted by Crippen LogP contribution is 2.32. The largest absolute Gasteiger partial charge is 0.466 e. The maximum Gasteiger partial charge on any atom is 0.310 e. The third-order valence-corrected chi connectivity index (χ3v) is 5.80. The number of hydrogen-bond acceptors (Lipinski definition) is 3. The molecule has 0 fully saturated rings. The van der Waals surface area contributed by atoms with Gasteiger partial charge in [-0.1, -0.05) is 69.1 Å². The van der Waals surface area contributed by atoms with E-state index in [9.17, 15) is 9.59 Å². The Morgan fingerprint density at radius 2 is 1.84 bits per heavy atom. The van der Waals surface area contributed by atoms with E-state index in [1.54, 1.807) is 6.92 Å². The Balaban J connectivity index is 2.22. The molecule has 5 heteroatoms. The van der Waals surface area contributed by atoms with Crippen LogP contribution in [0.3, 0.4) is 0 Å². The molecule has 0 bridgehead atoms. The average Bonchev–Trinajstić information content (AvgIpc) is 3.02. The third kappa shape index (κ3) is 5.01. The molecule has 0 saturated heterocycles. The van der Waals surface area contributed by atoms with E-state index in [0.717, 1.165) is 46.1 Å². The van der Waals surface area contributed by atoms with Crippen molar-refractivity contribution >= 4 is 34.3 Å². The minimum absolute atomic E-state index is 0.103. The van der Waals surface area contributed by atoms with Gasteiger partial charge < -0.3 is 9.30 Å². The van der Waals surface area contributed by atoms with Gasteiger partial charge in [-0.3, -0.25) is 9.59 Å². The van der Waals surface area contributed by atoms with E-state index in [4.69, 9.17) is 16.3 Å². The summed E-state index contributed by atoms with van der Waals surface area (Å²) in [6.45, 7) is 8.72. The topological polar surface area (TPSA) is 48.3 Å². The molecule has 4 nitrogen and oxygen atoms in total. The highest BCUT2D eigenvalue weighted by Gasteiger charge is 2.24. The number of hydrogen-bond donors (Lipinski definition) is 0. The lowest BCUT2D eigenvalue weighted by molar-refractivity contribution is -0.142. The summed E-state index contributed by atoms with van der Waals surface area (Å²) in [5, 5.41) is 1.63. The summed E-state index contributed by atoms with van der Waals surface area (Å²) >= 11 is 6.47. The SMILES string of the molecule is CCCc1c(C(=O)C(C)C)c2ccc(CC(=O)OCC)cc2n1Cc1ccccc1Cl. The Hall–Kier alpha value is -2.59. The molecule has 0 unspecified atom stereocenters. The van der Waals surface area contributed by atoms with Crippen molar-refractivity contribution in [1.82, 2.24) is 4.57 Å². The van der Waals surface area contributed by atoms with E-state index >= 15 is 0 Å². The van der Waals surface area contributed by atoms with Crippen LogP contribution in [0.1, 0.15) is 61.3 Å². The number of ether oxygens (including phenoxy) is 1. The van der Waals surface area contributed by atoms with Gasteiger partial charge in [0, 0.05) is 39.6 Å². The van der Waals surface area contributed by atoms with E-state index in [1.165, 1.54) is 0 Å². The molecule has 0 amide bonds. The fourth-order valence-electron chi connectivity index (χ4n) is 3.97. The monoisotopic (exact) mass is 439 g/mol. The zero-order valence-corrected chi connectivity index (χ0v) is 19.5. The Morgan fingerprint density at radius 3 is 2.48 bits per heavy atom. The van der Waals surface area contributed by atoms with Gasteiger partial charge in [0.25, 0.3) is 0 Å². The predicted molar refractivity (Wildman–Crippen MR) is 126 cm³/mol. The zero-order chi connectivity index (χ0) is 22.5. The standard InChI is InChI=1S/C26H30ClNO3/c1-5-9-22-25(26(30)17(3)4)20-13-12-18(15-24(29)31-6-2)14-23(20)28(22)16-19-10-7-8-11-21(19)27/h7-8,10-14,17H,5-6,9,15-16H2,1-4H3. The normalized spacial score (nSPS) is 11.3. The van der Waals surface area contributed by atoms with Gasteiger partial charge in [-0.25, -0.2) is 0 Å². The molecular weight excluding hydrogens is 410 g/mol. The molecule has 31 heavy (non-hydrogen) atoms. The van der Waals surface area contributed by atoms with Gasteiger partial charge in [0.2, 0.25) is 0 Å². The number of nitrogens with zero attached hydrogens (tertiary/aromatic N) is 1.